The third kappa shape index (κ3) is 3.21. The number of para-hydroxylation sites is 1. The molecule has 1 saturated carbocycles. The lowest BCUT2D eigenvalue weighted by molar-refractivity contribution is -0.133. The number of rotatable bonds is 4. The molecule has 2 amide bonds. The van der Waals surface area contributed by atoms with Crippen LogP contribution in [0.4, 0.5) is 5.69 Å². The lowest BCUT2D eigenvalue weighted by Crippen LogP contribution is -2.30. The lowest BCUT2D eigenvalue weighted by atomic mass is 10.1. The average Bonchev–Trinajstić information content (AvgIpc) is 3.19. The summed E-state index contributed by atoms with van der Waals surface area (Å²) in [7, 11) is 1.30. The fraction of sp³-hybridized carbons (Fsp3) is 0.471. The van der Waals surface area contributed by atoms with Crippen LogP contribution in [0, 0.1) is 11.8 Å². The number of benzene rings is 1. The zero-order valence-electron chi connectivity index (χ0n) is 13.1. The Labute approximate surface area is 134 Å². The van der Waals surface area contributed by atoms with Crippen LogP contribution in [0.15, 0.2) is 24.3 Å². The molecule has 1 aliphatic heterocycles. The van der Waals surface area contributed by atoms with Crippen molar-refractivity contribution in [3.8, 4) is 0 Å². The number of nitrogens with one attached hydrogen (secondary N) is 1. The molecule has 6 heteroatoms. The highest BCUT2D eigenvalue weighted by Gasteiger charge is 2.49. The smallest absolute Gasteiger partial charge is 0.339 e. The topological polar surface area (TPSA) is 75.7 Å². The van der Waals surface area contributed by atoms with Crippen LogP contribution in [0.25, 0.3) is 0 Å². The summed E-state index contributed by atoms with van der Waals surface area (Å²) in [4.78, 5) is 38.2. The summed E-state index contributed by atoms with van der Waals surface area (Å²) in [6, 6.07) is 6.70. The molecule has 0 radical (unpaired) electrons. The van der Waals surface area contributed by atoms with Crippen molar-refractivity contribution in [3.05, 3.63) is 29.8 Å². The number of likely N-dealkylation sites (tertiary alicyclic amines) is 1. The largest absolute Gasteiger partial charge is 0.465 e. The molecule has 23 heavy (non-hydrogen) atoms. The maximum Gasteiger partial charge on any atom is 0.339 e. The van der Waals surface area contributed by atoms with Gasteiger partial charge in [-0.15, -0.1) is 0 Å². The molecular weight excluding hydrogens is 296 g/mol. The summed E-state index contributed by atoms with van der Waals surface area (Å²) in [5.74, 6) is -1.13. The highest BCUT2D eigenvalue weighted by atomic mass is 16.5. The van der Waals surface area contributed by atoms with Gasteiger partial charge in [-0.3, -0.25) is 9.59 Å². The lowest BCUT2D eigenvalue weighted by Gasteiger charge is -2.15. The summed E-state index contributed by atoms with van der Waals surface area (Å²) in [6.45, 7) is 1.60. The fourth-order valence-corrected chi connectivity index (χ4v) is 3.04. The maximum absolute atomic E-state index is 12.3. The monoisotopic (exact) mass is 316 g/mol. The Bertz CT molecular complexity index is 637. The molecular formula is C17H20N2O4. The van der Waals surface area contributed by atoms with Crippen molar-refractivity contribution in [1.29, 1.82) is 0 Å². The molecule has 1 heterocycles. The SMILES string of the molecule is COC(=O)c1ccccc1NC(=O)C1CC1C(=O)N1CCCC1. The van der Waals surface area contributed by atoms with Crippen molar-refractivity contribution in [2.75, 3.05) is 25.5 Å². The van der Waals surface area contributed by atoms with Crippen LogP contribution in [0.1, 0.15) is 29.6 Å². The predicted molar refractivity (Wildman–Crippen MR) is 83.8 cm³/mol. The number of carbonyl (C=O) groups is 3. The predicted octanol–water partition coefficient (Wildman–Crippen LogP) is 1.67. The zero-order valence-corrected chi connectivity index (χ0v) is 13.1. The van der Waals surface area contributed by atoms with Crippen LogP contribution >= 0.6 is 0 Å². The first-order valence-corrected chi connectivity index (χ1v) is 7.89. The third-order valence-corrected chi connectivity index (χ3v) is 4.45. The summed E-state index contributed by atoms with van der Waals surface area (Å²) in [5, 5.41) is 2.75. The number of nitrogens with zero attached hydrogens (tertiary/aromatic N) is 1. The van der Waals surface area contributed by atoms with Crippen LogP contribution in [0.5, 0.6) is 0 Å². The van der Waals surface area contributed by atoms with Gasteiger partial charge in [0.1, 0.15) is 0 Å². The molecule has 2 aliphatic rings. The normalized spacial score (nSPS) is 22.6. The van der Waals surface area contributed by atoms with Crippen LogP contribution in [-0.2, 0) is 14.3 Å². The van der Waals surface area contributed by atoms with E-state index < -0.39 is 5.97 Å². The Morgan fingerprint density at radius 2 is 1.83 bits per heavy atom. The van der Waals surface area contributed by atoms with Gasteiger partial charge in [-0.1, -0.05) is 12.1 Å². The molecule has 2 unspecified atom stereocenters. The number of amides is 2. The fourth-order valence-electron chi connectivity index (χ4n) is 3.04. The first kappa shape index (κ1) is 15.5. The van der Waals surface area contributed by atoms with E-state index in [1.807, 2.05) is 4.90 Å². The second-order valence-electron chi connectivity index (χ2n) is 6.01. The first-order valence-electron chi connectivity index (χ1n) is 7.89. The number of hydrogen-bond acceptors (Lipinski definition) is 4. The summed E-state index contributed by atoms with van der Waals surface area (Å²) < 4.78 is 4.71. The quantitative estimate of drug-likeness (QED) is 0.857. The molecule has 0 aromatic heterocycles. The number of ether oxygens (including phenoxy) is 1. The number of anilines is 1. The average molecular weight is 316 g/mol. The Morgan fingerprint density at radius 3 is 2.52 bits per heavy atom. The van der Waals surface area contributed by atoms with Gasteiger partial charge in [-0.05, 0) is 31.4 Å². The highest BCUT2D eigenvalue weighted by Crippen LogP contribution is 2.41. The summed E-state index contributed by atoms with van der Waals surface area (Å²) in [5.41, 5.74) is 0.732. The molecule has 1 aromatic carbocycles. The molecule has 0 bridgehead atoms. The minimum absolute atomic E-state index is 0.0869. The van der Waals surface area contributed by atoms with Gasteiger partial charge in [-0.2, -0.15) is 0 Å². The van der Waals surface area contributed by atoms with Gasteiger partial charge in [-0.25, -0.2) is 4.79 Å². The highest BCUT2D eigenvalue weighted by molar-refractivity contribution is 6.04. The minimum Gasteiger partial charge on any atom is -0.465 e. The molecule has 122 valence electrons. The standard InChI is InChI=1S/C17H20N2O4/c1-23-17(22)11-6-2-3-7-14(11)18-15(20)12-10-13(12)16(21)19-8-4-5-9-19/h2-3,6-7,12-13H,4-5,8-10H2,1H3,(H,18,20). The number of carbonyl (C=O) groups excluding carboxylic acids is 3. The van der Waals surface area contributed by atoms with E-state index in [4.69, 9.17) is 4.74 Å². The van der Waals surface area contributed by atoms with E-state index in [1.54, 1.807) is 24.3 Å². The van der Waals surface area contributed by atoms with Gasteiger partial charge in [0.15, 0.2) is 0 Å². The van der Waals surface area contributed by atoms with Crippen molar-refractivity contribution in [1.82, 2.24) is 4.90 Å². The molecule has 6 nitrogen and oxygen atoms in total. The molecule has 1 aliphatic carbocycles. The van der Waals surface area contributed by atoms with E-state index in [0.29, 0.717) is 17.7 Å². The van der Waals surface area contributed by atoms with Gasteiger partial charge in [0.2, 0.25) is 11.8 Å². The van der Waals surface area contributed by atoms with Gasteiger partial charge in [0.25, 0.3) is 0 Å². The first-order chi connectivity index (χ1) is 11.1. The molecule has 1 N–H and O–H groups in total. The van der Waals surface area contributed by atoms with E-state index in [2.05, 4.69) is 5.32 Å². The molecule has 3 rings (SSSR count). The van der Waals surface area contributed by atoms with Gasteiger partial charge >= 0.3 is 5.97 Å². The number of methoxy groups -OCH3 is 1. The van der Waals surface area contributed by atoms with Gasteiger partial charge < -0.3 is 15.0 Å². The van der Waals surface area contributed by atoms with Crippen molar-refractivity contribution in [2.24, 2.45) is 11.8 Å². The van der Waals surface area contributed by atoms with Crippen LogP contribution < -0.4 is 5.32 Å². The second kappa shape index (κ2) is 6.40. The van der Waals surface area contributed by atoms with E-state index in [9.17, 15) is 14.4 Å². The summed E-state index contributed by atoms with van der Waals surface area (Å²) >= 11 is 0. The molecule has 1 aromatic rings. The van der Waals surface area contributed by atoms with Crippen LogP contribution in [0.3, 0.4) is 0 Å². The van der Waals surface area contributed by atoms with Crippen LogP contribution in [-0.4, -0.2) is 42.9 Å². The Balaban J connectivity index is 1.63. The van der Waals surface area contributed by atoms with Crippen molar-refractivity contribution in [2.45, 2.75) is 19.3 Å². The second-order valence-corrected chi connectivity index (χ2v) is 6.01. The molecule has 0 spiro atoms. The Kier molecular flexibility index (Phi) is 4.32. The Morgan fingerprint density at radius 1 is 1.13 bits per heavy atom. The minimum atomic E-state index is -0.499. The van der Waals surface area contributed by atoms with Crippen LogP contribution in [0.2, 0.25) is 0 Å². The van der Waals surface area contributed by atoms with Gasteiger partial charge in [0.05, 0.1) is 30.2 Å². The van der Waals surface area contributed by atoms with Crippen molar-refractivity contribution in [3.63, 3.8) is 0 Å². The maximum atomic E-state index is 12.3. The molecule has 1 saturated heterocycles. The van der Waals surface area contributed by atoms with Gasteiger partial charge in [0, 0.05) is 13.1 Å². The molecule has 2 fully saturated rings. The number of esters is 1. The Hall–Kier alpha value is -2.37. The van der Waals surface area contributed by atoms with Crippen molar-refractivity contribution < 1.29 is 19.1 Å². The van der Waals surface area contributed by atoms with Crippen molar-refractivity contribution >= 4 is 23.5 Å². The third-order valence-electron chi connectivity index (χ3n) is 4.45. The van der Waals surface area contributed by atoms with E-state index in [1.165, 1.54) is 7.11 Å². The van der Waals surface area contributed by atoms with E-state index >= 15 is 0 Å². The molecule has 2 atom stereocenters. The zero-order chi connectivity index (χ0) is 16.4. The van der Waals surface area contributed by atoms with E-state index in [0.717, 1.165) is 25.9 Å². The van der Waals surface area contributed by atoms with E-state index in [-0.39, 0.29) is 23.7 Å². The summed E-state index contributed by atoms with van der Waals surface area (Å²) in [6.07, 6.45) is 2.67. The number of hydrogen-bond donors (Lipinski definition) is 1.